The molecule has 2 amide bonds. The Morgan fingerprint density at radius 2 is 1.52 bits per heavy atom. The first kappa shape index (κ1) is 18.2. The molecule has 2 aromatic carbocycles. The number of nitrogens with one attached hydrogen (secondary N) is 2. The number of ether oxygens (including phenoxy) is 1. The van der Waals surface area contributed by atoms with Crippen LogP contribution in [0.15, 0.2) is 48.5 Å². The van der Waals surface area contributed by atoms with Gasteiger partial charge in [0.05, 0.1) is 12.7 Å². The van der Waals surface area contributed by atoms with Gasteiger partial charge in [-0.2, -0.15) is 0 Å². The monoisotopic (exact) mass is 340 g/mol. The molecule has 2 aromatic rings. The van der Waals surface area contributed by atoms with Crippen LogP contribution in [0.5, 0.6) is 0 Å². The van der Waals surface area contributed by atoms with E-state index in [-0.39, 0.29) is 17.9 Å². The van der Waals surface area contributed by atoms with Gasteiger partial charge in [0.2, 0.25) is 0 Å². The zero-order valence-corrected chi connectivity index (χ0v) is 14.3. The van der Waals surface area contributed by atoms with E-state index in [2.05, 4.69) is 15.4 Å². The zero-order valence-electron chi connectivity index (χ0n) is 14.3. The third kappa shape index (κ3) is 4.91. The van der Waals surface area contributed by atoms with Crippen molar-refractivity contribution < 1.29 is 19.1 Å². The summed E-state index contributed by atoms with van der Waals surface area (Å²) in [5, 5.41) is 5.52. The summed E-state index contributed by atoms with van der Waals surface area (Å²) in [7, 11) is 1.28. The van der Waals surface area contributed by atoms with Gasteiger partial charge >= 0.3 is 5.97 Å². The fraction of sp³-hybridized carbons (Fsp3) is 0.211. The van der Waals surface area contributed by atoms with E-state index in [0.717, 1.165) is 0 Å². The van der Waals surface area contributed by atoms with Crippen LogP contribution in [0.1, 0.15) is 44.9 Å². The quantitative estimate of drug-likeness (QED) is 0.820. The molecule has 6 nitrogen and oxygen atoms in total. The summed E-state index contributed by atoms with van der Waals surface area (Å²) in [5.74, 6) is -1.03. The topological polar surface area (TPSA) is 84.5 Å². The average molecular weight is 340 g/mol. The molecule has 130 valence electrons. The minimum atomic E-state index is -0.504. The maximum absolute atomic E-state index is 12.3. The summed E-state index contributed by atoms with van der Waals surface area (Å²) in [6, 6.07) is 12.9. The number of hydrogen-bond donors (Lipinski definition) is 2. The molecule has 2 N–H and O–H groups in total. The maximum Gasteiger partial charge on any atom is 0.337 e. The lowest BCUT2D eigenvalue weighted by atomic mass is 10.1. The van der Waals surface area contributed by atoms with Gasteiger partial charge in [-0.05, 0) is 56.3 Å². The van der Waals surface area contributed by atoms with Gasteiger partial charge in [-0.25, -0.2) is 4.79 Å². The fourth-order valence-corrected chi connectivity index (χ4v) is 2.16. The first-order chi connectivity index (χ1) is 11.9. The van der Waals surface area contributed by atoms with Crippen molar-refractivity contribution in [3.8, 4) is 0 Å². The number of carbonyl (C=O) groups excluding carboxylic acids is 3. The normalized spacial score (nSPS) is 10.2. The summed E-state index contributed by atoms with van der Waals surface area (Å²) in [4.78, 5) is 35.7. The van der Waals surface area contributed by atoms with Gasteiger partial charge in [0, 0.05) is 22.9 Å². The highest BCUT2D eigenvalue weighted by atomic mass is 16.5. The van der Waals surface area contributed by atoms with Crippen molar-refractivity contribution in [2.24, 2.45) is 0 Å². The van der Waals surface area contributed by atoms with Crippen molar-refractivity contribution in [1.29, 1.82) is 0 Å². The Balaban J connectivity index is 2.08. The summed E-state index contributed by atoms with van der Waals surface area (Å²) < 4.78 is 4.64. The van der Waals surface area contributed by atoms with E-state index in [0.29, 0.717) is 22.4 Å². The Morgan fingerprint density at radius 3 is 2.12 bits per heavy atom. The van der Waals surface area contributed by atoms with Gasteiger partial charge in [-0.1, -0.05) is 6.07 Å². The molecule has 0 bridgehead atoms. The van der Waals surface area contributed by atoms with E-state index < -0.39 is 5.97 Å². The maximum atomic E-state index is 12.3. The third-order valence-electron chi connectivity index (χ3n) is 3.37. The Bertz CT molecular complexity index is 782. The number of hydrogen-bond acceptors (Lipinski definition) is 4. The van der Waals surface area contributed by atoms with Crippen molar-refractivity contribution in [2.45, 2.75) is 19.9 Å². The Morgan fingerprint density at radius 1 is 0.880 bits per heavy atom. The SMILES string of the molecule is COC(=O)c1cccc(C(=O)Nc2ccc(C(=O)NC(C)C)cc2)c1. The molecule has 0 spiro atoms. The Labute approximate surface area is 146 Å². The molecule has 0 radical (unpaired) electrons. The van der Waals surface area contributed by atoms with Crippen LogP contribution >= 0.6 is 0 Å². The summed E-state index contributed by atoms with van der Waals surface area (Å²) in [6.07, 6.45) is 0. The highest BCUT2D eigenvalue weighted by Crippen LogP contribution is 2.13. The average Bonchev–Trinajstić information content (AvgIpc) is 2.61. The smallest absolute Gasteiger partial charge is 0.337 e. The molecule has 0 unspecified atom stereocenters. The van der Waals surface area contributed by atoms with Crippen LogP contribution in [0, 0.1) is 0 Å². The Kier molecular flexibility index (Phi) is 5.89. The molecule has 2 rings (SSSR count). The molecule has 0 aliphatic rings. The molecule has 6 heteroatoms. The molecule has 0 saturated carbocycles. The highest BCUT2D eigenvalue weighted by molar-refractivity contribution is 6.06. The van der Waals surface area contributed by atoms with Crippen molar-refractivity contribution >= 4 is 23.5 Å². The minimum absolute atomic E-state index is 0.0500. The molecule has 0 heterocycles. The highest BCUT2D eigenvalue weighted by Gasteiger charge is 2.12. The second-order valence-corrected chi connectivity index (χ2v) is 5.73. The van der Waals surface area contributed by atoms with Gasteiger partial charge in [0.15, 0.2) is 0 Å². The number of esters is 1. The van der Waals surface area contributed by atoms with Gasteiger partial charge in [0.25, 0.3) is 11.8 Å². The number of rotatable bonds is 5. The van der Waals surface area contributed by atoms with Gasteiger partial charge in [0.1, 0.15) is 0 Å². The lowest BCUT2D eigenvalue weighted by Gasteiger charge is -2.10. The van der Waals surface area contributed by atoms with Crippen LogP contribution in [0.25, 0.3) is 0 Å². The van der Waals surface area contributed by atoms with Gasteiger partial charge in [-0.15, -0.1) is 0 Å². The van der Waals surface area contributed by atoms with Crippen LogP contribution in [-0.2, 0) is 4.74 Å². The molecule has 0 aliphatic carbocycles. The first-order valence-electron chi connectivity index (χ1n) is 7.81. The number of methoxy groups -OCH3 is 1. The van der Waals surface area contributed by atoms with Crippen molar-refractivity contribution in [1.82, 2.24) is 5.32 Å². The second-order valence-electron chi connectivity index (χ2n) is 5.73. The molecular formula is C19H20N2O4. The van der Waals surface area contributed by atoms with E-state index in [9.17, 15) is 14.4 Å². The number of carbonyl (C=O) groups is 3. The van der Waals surface area contributed by atoms with E-state index in [1.807, 2.05) is 13.8 Å². The lowest BCUT2D eigenvalue weighted by molar-refractivity contribution is 0.0600. The number of anilines is 1. The van der Waals surface area contributed by atoms with E-state index in [1.165, 1.54) is 13.2 Å². The second kappa shape index (κ2) is 8.10. The van der Waals surface area contributed by atoms with Crippen LogP contribution in [0.2, 0.25) is 0 Å². The largest absolute Gasteiger partial charge is 0.465 e. The molecule has 0 atom stereocenters. The fourth-order valence-electron chi connectivity index (χ4n) is 2.16. The zero-order chi connectivity index (χ0) is 18.4. The summed E-state index contributed by atoms with van der Waals surface area (Å²) in [6.45, 7) is 3.77. The molecular weight excluding hydrogens is 320 g/mol. The standard InChI is InChI=1S/C19H20N2O4/c1-12(2)20-17(22)13-7-9-16(10-8-13)21-18(23)14-5-4-6-15(11-14)19(24)25-3/h4-12H,1-3H3,(H,20,22)(H,21,23). The summed E-state index contributed by atoms with van der Waals surface area (Å²) in [5.41, 5.74) is 1.70. The van der Waals surface area contributed by atoms with Crippen LogP contribution < -0.4 is 10.6 Å². The van der Waals surface area contributed by atoms with Gasteiger partial charge < -0.3 is 15.4 Å². The van der Waals surface area contributed by atoms with E-state index in [1.54, 1.807) is 42.5 Å². The van der Waals surface area contributed by atoms with Crippen LogP contribution in [0.4, 0.5) is 5.69 Å². The number of amides is 2. The number of benzene rings is 2. The first-order valence-corrected chi connectivity index (χ1v) is 7.81. The van der Waals surface area contributed by atoms with Crippen LogP contribution in [0.3, 0.4) is 0 Å². The molecule has 0 aliphatic heterocycles. The molecule has 25 heavy (non-hydrogen) atoms. The van der Waals surface area contributed by atoms with Gasteiger partial charge in [-0.3, -0.25) is 9.59 Å². The summed E-state index contributed by atoms with van der Waals surface area (Å²) >= 11 is 0. The molecule has 0 aromatic heterocycles. The van der Waals surface area contributed by atoms with Crippen molar-refractivity contribution in [2.75, 3.05) is 12.4 Å². The molecule has 0 fully saturated rings. The van der Waals surface area contributed by atoms with E-state index >= 15 is 0 Å². The molecule has 0 saturated heterocycles. The van der Waals surface area contributed by atoms with Crippen molar-refractivity contribution in [3.05, 3.63) is 65.2 Å². The third-order valence-corrected chi connectivity index (χ3v) is 3.37. The predicted molar refractivity (Wildman–Crippen MR) is 94.8 cm³/mol. The predicted octanol–water partition coefficient (Wildman–Crippen LogP) is 2.86. The lowest BCUT2D eigenvalue weighted by Crippen LogP contribution is -2.30. The Hall–Kier alpha value is -3.15. The van der Waals surface area contributed by atoms with E-state index in [4.69, 9.17) is 0 Å². The minimum Gasteiger partial charge on any atom is -0.465 e. The van der Waals surface area contributed by atoms with Crippen LogP contribution in [-0.4, -0.2) is 30.9 Å². The van der Waals surface area contributed by atoms with Crippen molar-refractivity contribution in [3.63, 3.8) is 0 Å².